The van der Waals surface area contributed by atoms with Gasteiger partial charge in [0.15, 0.2) is 9.84 Å². The molecule has 0 aliphatic carbocycles. The van der Waals surface area contributed by atoms with Gasteiger partial charge in [0, 0.05) is 24.5 Å². The number of carbonyl (C=O) groups is 1. The summed E-state index contributed by atoms with van der Waals surface area (Å²) >= 11 is 0. The fourth-order valence-electron chi connectivity index (χ4n) is 2.58. The van der Waals surface area contributed by atoms with Gasteiger partial charge >= 0.3 is 0 Å². The van der Waals surface area contributed by atoms with Crippen LogP contribution in [0, 0.1) is 5.92 Å². The quantitative estimate of drug-likeness (QED) is 0.913. The van der Waals surface area contributed by atoms with Crippen LogP contribution in [0.15, 0.2) is 42.7 Å². The number of nitrogens with zero attached hydrogens (tertiary/aromatic N) is 2. The Kier molecular flexibility index (Phi) is 3.98. The minimum absolute atomic E-state index is 0.0169. The summed E-state index contributed by atoms with van der Waals surface area (Å²) in [5.74, 6) is 0.213. The Hall–Kier alpha value is -2.15. The maximum atomic E-state index is 12.2. The summed E-state index contributed by atoms with van der Waals surface area (Å²) in [6.45, 7) is 0.393. The first-order valence-corrected chi connectivity index (χ1v) is 8.94. The van der Waals surface area contributed by atoms with E-state index in [9.17, 15) is 13.2 Å². The SMILES string of the molecule is O=C(NCC1CCS(=O)(=O)C1)c1cccc(-n2cccn2)c1. The molecule has 1 N–H and O–H groups in total. The van der Waals surface area contributed by atoms with Gasteiger partial charge in [0.05, 0.1) is 17.2 Å². The molecular formula is C15H17N3O3S. The zero-order chi connectivity index (χ0) is 15.6. The lowest BCUT2D eigenvalue weighted by molar-refractivity contribution is 0.0948. The monoisotopic (exact) mass is 319 g/mol. The van der Waals surface area contributed by atoms with E-state index < -0.39 is 9.84 Å². The summed E-state index contributed by atoms with van der Waals surface area (Å²) in [7, 11) is -2.91. The average Bonchev–Trinajstić information content (AvgIpc) is 3.14. The molecule has 1 unspecified atom stereocenters. The summed E-state index contributed by atoms with van der Waals surface area (Å²) in [5, 5.41) is 6.95. The van der Waals surface area contributed by atoms with E-state index in [0.29, 0.717) is 18.5 Å². The van der Waals surface area contributed by atoms with Gasteiger partial charge in [-0.2, -0.15) is 5.10 Å². The highest BCUT2D eigenvalue weighted by Crippen LogP contribution is 2.17. The molecular weight excluding hydrogens is 302 g/mol. The van der Waals surface area contributed by atoms with Gasteiger partial charge in [-0.25, -0.2) is 13.1 Å². The van der Waals surface area contributed by atoms with Gasteiger partial charge in [-0.05, 0) is 36.6 Å². The summed E-state index contributed by atoms with van der Waals surface area (Å²) in [6.07, 6.45) is 4.10. The molecule has 1 aromatic carbocycles. The number of carbonyl (C=O) groups excluding carboxylic acids is 1. The molecule has 0 saturated carbocycles. The largest absolute Gasteiger partial charge is 0.352 e. The van der Waals surface area contributed by atoms with Crippen LogP contribution in [-0.2, 0) is 9.84 Å². The topological polar surface area (TPSA) is 81.1 Å². The van der Waals surface area contributed by atoms with E-state index in [0.717, 1.165) is 5.69 Å². The van der Waals surface area contributed by atoms with Crippen LogP contribution in [0.5, 0.6) is 0 Å². The Labute approximate surface area is 129 Å². The van der Waals surface area contributed by atoms with Crippen LogP contribution >= 0.6 is 0 Å². The standard InChI is InChI=1S/C15H17N3O3S/c19-15(16-10-12-5-8-22(20,21)11-12)13-3-1-4-14(9-13)18-7-2-6-17-18/h1-4,6-7,9,12H,5,8,10-11H2,(H,16,19). The van der Waals surface area contributed by atoms with Crippen molar-refractivity contribution in [3.63, 3.8) is 0 Å². The van der Waals surface area contributed by atoms with E-state index in [2.05, 4.69) is 10.4 Å². The van der Waals surface area contributed by atoms with E-state index in [1.807, 2.05) is 12.1 Å². The average molecular weight is 319 g/mol. The van der Waals surface area contributed by atoms with Gasteiger partial charge in [-0.15, -0.1) is 0 Å². The lowest BCUT2D eigenvalue weighted by Crippen LogP contribution is -2.29. The zero-order valence-electron chi connectivity index (χ0n) is 12.0. The number of hydrogen-bond donors (Lipinski definition) is 1. The second-order valence-electron chi connectivity index (χ2n) is 5.48. The summed E-state index contributed by atoms with van der Waals surface area (Å²) in [6, 6.07) is 8.97. The molecule has 1 atom stereocenters. The first kappa shape index (κ1) is 14.8. The van der Waals surface area contributed by atoms with E-state index in [4.69, 9.17) is 0 Å². The molecule has 1 amide bonds. The minimum Gasteiger partial charge on any atom is -0.352 e. The number of benzene rings is 1. The lowest BCUT2D eigenvalue weighted by Gasteiger charge is -2.10. The summed E-state index contributed by atoms with van der Waals surface area (Å²) < 4.78 is 24.5. The molecule has 1 aliphatic heterocycles. The van der Waals surface area contributed by atoms with Crippen LogP contribution in [0.4, 0.5) is 0 Å². The maximum Gasteiger partial charge on any atom is 0.251 e. The zero-order valence-corrected chi connectivity index (χ0v) is 12.8. The molecule has 1 fully saturated rings. The van der Waals surface area contributed by atoms with Crippen LogP contribution < -0.4 is 5.32 Å². The van der Waals surface area contributed by atoms with Gasteiger partial charge < -0.3 is 5.32 Å². The van der Waals surface area contributed by atoms with E-state index in [1.165, 1.54) is 0 Å². The highest BCUT2D eigenvalue weighted by molar-refractivity contribution is 7.91. The molecule has 116 valence electrons. The summed E-state index contributed by atoms with van der Waals surface area (Å²) in [4.78, 5) is 12.2. The molecule has 0 bridgehead atoms. The van der Waals surface area contributed by atoms with Crippen molar-refractivity contribution in [2.24, 2.45) is 5.92 Å². The van der Waals surface area contributed by atoms with Crippen LogP contribution in [0.25, 0.3) is 5.69 Å². The van der Waals surface area contributed by atoms with Crippen molar-refractivity contribution in [3.05, 3.63) is 48.3 Å². The molecule has 0 radical (unpaired) electrons. The first-order valence-electron chi connectivity index (χ1n) is 7.12. The molecule has 7 heteroatoms. The fraction of sp³-hybridized carbons (Fsp3) is 0.333. The number of sulfone groups is 1. The molecule has 1 saturated heterocycles. The predicted molar refractivity (Wildman–Crippen MR) is 82.7 cm³/mol. The van der Waals surface area contributed by atoms with Gasteiger partial charge in [-0.3, -0.25) is 4.79 Å². The minimum atomic E-state index is -2.91. The predicted octanol–water partition coefficient (Wildman–Crippen LogP) is 1.04. The van der Waals surface area contributed by atoms with Crippen molar-refractivity contribution >= 4 is 15.7 Å². The maximum absolute atomic E-state index is 12.2. The van der Waals surface area contributed by atoms with Gasteiger partial charge in [-0.1, -0.05) is 6.07 Å². The number of rotatable bonds is 4. The Morgan fingerprint density at radius 1 is 1.36 bits per heavy atom. The molecule has 6 nitrogen and oxygen atoms in total. The Morgan fingerprint density at radius 3 is 2.91 bits per heavy atom. The highest BCUT2D eigenvalue weighted by atomic mass is 32.2. The van der Waals surface area contributed by atoms with E-state index in [-0.39, 0.29) is 23.3 Å². The Morgan fingerprint density at radius 2 is 2.23 bits per heavy atom. The van der Waals surface area contributed by atoms with E-state index in [1.54, 1.807) is 35.3 Å². The van der Waals surface area contributed by atoms with Crippen molar-refractivity contribution in [1.82, 2.24) is 15.1 Å². The Bertz CT molecular complexity index is 769. The number of hydrogen-bond acceptors (Lipinski definition) is 4. The van der Waals surface area contributed by atoms with Crippen LogP contribution in [0.2, 0.25) is 0 Å². The van der Waals surface area contributed by atoms with E-state index >= 15 is 0 Å². The third-order valence-electron chi connectivity index (χ3n) is 3.76. The molecule has 22 heavy (non-hydrogen) atoms. The highest BCUT2D eigenvalue weighted by Gasteiger charge is 2.27. The number of nitrogens with one attached hydrogen (secondary N) is 1. The van der Waals surface area contributed by atoms with Crippen molar-refractivity contribution in [2.45, 2.75) is 6.42 Å². The molecule has 2 aromatic rings. The van der Waals surface area contributed by atoms with Crippen molar-refractivity contribution in [3.8, 4) is 5.69 Å². The third-order valence-corrected chi connectivity index (χ3v) is 5.59. The lowest BCUT2D eigenvalue weighted by atomic mass is 10.1. The normalized spacial score (nSPS) is 19.9. The Balaban J connectivity index is 1.64. The number of aromatic nitrogens is 2. The third kappa shape index (κ3) is 3.36. The molecule has 1 aliphatic rings. The van der Waals surface area contributed by atoms with Crippen molar-refractivity contribution in [1.29, 1.82) is 0 Å². The molecule has 0 spiro atoms. The first-order chi connectivity index (χ1) is 10.5. The van der Waals surface area contributed by atoms with Gasteiger partial charge in [0.2, 0.25) is 0 Å². The summed E-state index contributed by atoms with van der Waals surface area (Å²) in [5.41, 5.74) is 1.34. The molecule has 3 rings (SSSR count). The van der Waals surface area contributed by atoms with Gasteiger partial charge in [0.1, 0.15) is 0 Å². The fourth-order valence-corrected chi connectivity index (χ4v) is 4.45. The molecule has 1 aromatic heterocycles. The van der Waals surface area contributed by atoms with Crippen LogP contribution in [0.1, 0.15) is 16.8 Å². The molecule has 2 heterocycles. The number of amides is 1. The van der Waals surface area contributed by atoms with Gasteiger partial charge in [0.25, 0.3) is 5.91 Å². The smallest absolute Gasteiger partial charge is 0.251 e. The second-order valence-corrected chi connectivity index (χ2v) is 7.71. The van der Waals surface area contributed by atoms with Crippen molar-refractivity contribution < 1.29 is 13.2 Å². The van der Waals surface area contributed by atoms with Crippen LogP contribution in [-0.4, -0.2) is 42.2 Å². The van der Waals surface area contributed by atoms with Crippen molar-refractivity contribution in [2.75, 3.05) is 18.1 Å². The second kappa shape index (κ2) is 5.92. The van der Waals surface area contributed by atoms with Crippen LogP contribution in [0.3, 0.4) is 0 Å².